The fourth-order valence-electron chi connectivity index (χ4n) is 0.865. The molecular formula is C8H7BrO2S. The quantitative estimate of drug-likeness (QED) is 0.788. The van der Waals surface area contributed by atoms with Gasteiger partial charge in [0.05, 0.1) is 5.56 Å². The van der Waals surface area contributed by atoms with Gasteiger partial charge >= 0.3 is 5.97 Å². The SMILES string of the molecule is O=C(O)c1cc(Br)cc(CS)c1. The molecule has 0 aliphatic carbocycles. The lowest BCUT2D eigenvalue weighted by Gasteiger charge is -2.00. The van der Waals surface area contributed by atoms with Crippen LogP contribution in [0.3, 0.4) is 0 Å². The molecule has 0 aliphatic rings. The van der Waals surface area contributed by atoms with Crippen molar-refractivity contribution in [1.82, 2.24) is 0 Å². The molecule has 1 N–H and O–H groups in total. The zero-order chi connectivity index (χ0) is 9.14. The molecule has 0 heterocycles. The van der Waals surface area contributed by atoms with Crippen molar-refractivity contribution in [3.63, 3.8) is 0 Å². The van der Waals surface area contributed by atoms with Crippen molar-refractivity contribution in [2.24, 2.45) is 0 Å². The highest BCUT2D eigenvalue weighted by Gasteiger charge is 2.04. The number of carbonyl (C=O) groups is 1. The predicted octanol–water partition coefficient (Wildman–Crippen LogP) is 2.58. The highest BCUT2D eigenvalue weighted by Crippen LogP contribution is 2.17. The Kier molecular flexibility index (Phi) is 3.17. The van der Waals surface area contributed by atoms with Crippen molar-refractivity contribution in [2.45, 2.75) is 5.75 Å². The highest BCUT2D eigenvalue weighted by atomic mass is 79.9. The molecule has 0 aliphatic heterocycles. The number of rotatable bonds is 2. The van der Waals surface area contributed by atoms with Gasteiger partial charge in [0, 0.05) is 10.2 Å². The number of thiol groups is 1. The molecular weight excluding hydrogens is 240 g/mol. The average molecular weight is 247 g/mol. The Morgan fingerprint density at radius 1 is 1.50 bits per heavy atom. The Morgan fingerprint density at radius 3 is 2.67 bits per heavy atom. The van der Waals surface area contributed by atoms with Gasteiger partial charge in [-0.1, -0.05) is 15.9 Å². The minimum absolute atomic E-state index is 0.286. The second-order valence-corrected chi connectivity index (χ2v) is 3.54. The zero-order valence-corrected chi connectivity index (χ0v) is 8.60. The second kappa shape index (κ2) is 3.96. The number of aromatic carboxylic acids is 1. The van der Waals surface area contributed by atoms with Crippen molar-refractivity contribution in [1.29, 1.82) is 0 Å². The number of benzene rings is 1. The topological polar surface area (TPSA) is 37.3 Å². The largest absolute Gasteiger partial charge is 0.478 e. The van der Waals surface area contributed by atoms with Gasteiger partial charge in [-0.2, -0.15) is 12.6 Å². The molecule has 0 atom stereocenters. The fourth-order valence-corrected chi connectivity index (χ4v) is 1.59. The molecule has 0 saturated carbocycles. The van der Waals surface area contributed by atoms with E-state index in [1.807, 2.05) is 6.07 Å². The van der Waals surface area contributed by atoms with Crippen LogP contribution in [-0.2, 0) is 5.75 Å². The summed E-state index contributed by atoms with van der Waals surface area (Å²) in [5.74, 6) is -0.376. The smallest absolute Gasteiger partial charge is 0.335 e. The number of carboxylic acid groups (broad SMARTS) is 1. The maximum atomic E-state index is 10.6. The van der Waals surface area contributed by atoms with E-state index in [0.717, 1.165) is 10.0 Å². The molecule has 64 valence electrons. The number of hydrogen-bond donors (Lipinski definition) is 2. The number of halogens is 1. The van der Waals surface area contributed by atoms with Crippen molar-refractivity contribution in [3.8, 4) is 0 Å². The Labute approximate surface area is 84.1 Å². The van der Waals surface area contributed by atoms with E-state index >= 15 is 0 Å². The summed E-state index contributed by atoms with van der Waals surface area (Å²) in [6.07, 6.45) is 0. The molecule has 0 bridgehead atoms. The first-order valence-corrected chi connectivity index (χ1v) is 4.69. The van der Waals surface area contributed by atoms with Crippen molar-refractivity contribution in [3.05, 3.63) is 33.8 Å². The molecule has 1 rings (SSSR count). The third kappa shape index (κ3) is 2.25. The lowest BCUT2D eigenvalue weighted by molar-refractivity contribution is 0.0696. The number of hydrogen-bond acceptors (Lipinski definition) is 2. The Bertz CT molecular complexity index is 312. The maximum Gasteiger partial charge on any atom is 0.335 e. The third-order valence-corrected chi connectivity index (χ3v) is 2.21. The number of carboxylic acids is 1. The molecule has 12 heavy (non-hydrogen) atoms. The molecule has 4 heteroatoms. The lowest BCUT2D eigenvalue weighted by atomic mass is 10.1. The van der Waals surface area contributed by atoms with Crippen molar-refractivity contribution in [2.75, 3.05) is 0 Å². The van der Waals surface area contributed by atoms with Crippen LogP contribution in [0.4, 0.5) is 0 Å². The van der Waals surface area contributed by atoms with Crippen LogP contribution in [0.25, 0.3) is 0 Å². The molecule has 1 aromatic rings. The summed E-state index contributed by atoms with van der Waals surface area (Å²) < 4.78 is 0.770. The molecule has 0 saturated heterocycles. The predicted molar refractivity (Wildman–Crippen MR) is 53.8 cm³/mol. The normalized spacial score (nSPS) is 9.83. The minimum atomic E-state index is -0.917. The van der Waals surface area contributed by atoms with Gasteiger partial charge < -0.3 is 5.11 Å². The Hall–Kier alpha value is -0.480. The van der Waals surface area contributed by atoms with Crippen LogP contribution < -0.4 is 0 Å². The summed E-state index contributed by atoms with van der Waals surface area (Å²) in [6, 6.07) is 5.02. The van der Waals surface area contributed by atoms with Gasteiger partial charge in [-0.3, -0.25) is 0 Å². The van der Waals surface area contributed by atoms with E-state index in [1.54, 1.807) is 12.1 Å². The van der Waals surface area contributed by atoms with Gasteiger partial charge in [0.1, 0.15) is 0 Å². The van der Waals surface area contributed by atoms with Crippen LogP contribution in [0, 0.1) is 0 Å². The van der Waals surface area contributed by atoms with E-state index in [9.17, 15) is 4.79 Å². The van der Waals surface area contributed by atoms with Crippen LogP contribution in [0.15, 0.2) is 22.7 Å². The Balaban J connectivity index is 3.15. The first-order chi connectivity index (χ1) is 5.63. The molecule has 0 radical (unpaired) electrons. The van der Waals surface area contributed by atoms with Gasteiger partial charge in [-0.15, -0.1) is 0 Å². The van der Waals surface area contributed by atoms with Gasteiger partial charge in [-0.25, -0.2) is 4.79 Å². The molecule has 0 aromatic heterocycles. The van der Waals surface area contributed by atoms with Crippen LogP contribution in [0.2, 0.25) is 0 Å². The molecule has 0 fully saturated rings. The van der Waals surface area contributed by atoms with Crippen LogP contribution >= 0.6 is 28.6 Å². The summed E-state index contributed by atoms with van der Waals surface area (Å²) in [7, 11) is 0. The van der Waals surface area contributed by atoms with Gasteiger partial charge in [0.25, 0.3) is 0 Å². The van der Waals surface area contributed by atoms with Crippen molar-refractivity contribution >= 4 is 34.5 Å². The minimum Gasteiger partial charge on any atom is -0.478 e. The van der Waals surface area contributed by atoms with Crippen LogP contribution in [-0.4, -0.2) is 11.1 Å². The summed E-state index contributed by atoms with van der Waals surface area (Å²) >= 11 is 7.28. The first-order valence-electron chi connectivity index (χ1n) is 3.27. The molecule has 0 unspecified atom stereocenters. The van der Waals surface area contributed by atoms with E-state index in [4.69, 9.17) is 5.11 Å². The molecule has 2 nitrogen and oxygen atoms in total. The molecule has 0 spiro atoms. The van der Waals surface area contributed by atoms with Gasteiger partial charge in [0.2, 0.25) is 0 Å². The summed E-state index contributed by atoms with van der Waals surface area (Å²) in [4.78, 5) is 10.6. The fraction of sp³-hybridized carbons (Fsp3) is 0.125. The summed E-state index contributed by atoms with van der Waals surface area (Å²) in [5, 5.41) is 8.68. The second-order valence-electron chi connectivity index (χ2n) is 2.31. The van der Waals surface area contributed by atoms with Gasteiger partial charge in [0.15, 0.2) is 0 Å². The van der Waals surface area contributed by atoms with E-state index in [-0.39, 0.29) is 5.56 Å². The Morgan fingerprint density at radius 2 is 2.17 bits per heavy atom. The molecule has 0 amide bonds. The van der Waals surface area contributed by atoms with E-state index in [2.05, 4.69) is 28.6 Å². The third-order valence-electron chi connectivity index (χ3n) is 1.39. The maximum absolute atomic E-state index is 10.6. The molecule has 1 aromatic carbocycles. The average Bonchev–Trinajstić information content (AvgIpc) is 2.03. The van der Waals surface area contributed by atoms with Crippen molar-refractivity contribution < 1.29 is 9.90 Å². The highest BCUT2D eigenvalue weighted by molar-refractivity contribution is 9.10. The first kappa shape index (κ1) is 9.61. The van der Waals surface area contributed by atoms with Crippen LogP contribution in [0.5, 0.6) is 0 Å². The lowest BCUT2D eigenvalue weighted by Crippen LogP contribution is -1.96. The monoisotopic (exact) mass is 246 g/mol. The standard InChI is InChI=1S/C8H7BrO2S/c9-7-2-5(4-12)1-6(3-7)8(10)11/h1-3,12H,4H2,(H,10,11). The van der Waals surface area contributed by atoms with E-state index < -0.39 is 5.97 Å². The van der Waals surface area contributed by atoms with E-state index in [1.165, 1.54) is 0 Å². The zero-order valence-electron chi connectivity index (χ0n) is 6.12. The van der Waals surface area contributed by atoms with Crippen LogP contribution in [0.1, 0.15) is 15.9 Å². The van der Waals surface area contributed by atoms with Gasteiger partial charge in [-0.05, 0) is 23.8 Å². The summed E-state index contributed by atoms with van der Waals surface area (Å²) in [5.41, 5.74) is 1.18. The summed E-state index contributed by atoms with van der Waals surface area (Å²) in [6.45, 7) is 0. The van der Waals surface area contributed by atoms with E-state index in [0.29, 0.717) is 5.75 Å².